The highest BCUT2D eigenvalue weighted by molar-refractivity contribution is 6.32. The van der Waals surface area contributed by atoms with E-state index < -0.39 is 34.7 Å². The minimum absolute atomic E-state index is 0.0191. The number of ether oxygens (including phenoxy) is 1. The number of carbonyl (C=O) groups is 2. The molecule has 1 aliphatic carbocycles. The SMILES string of the molecule is O=C(CNC(=O)c1ccc(Cl)c([N+](=O)[O-])c1)OCc1cc(=O)oc2cc3c(cc12)CCC3. The van der Waals surface area contributed by atoms with Crippen molar-refractivity contribution in [1.29, 1.82) is 0 Å². The van der Waals surface area contributed by atoms with Gasteiger partial charge < -0.3 is 14.5 Å². The first-order valence-corrected chi connectivity index (χ1v) is 10.2. The second kappa shape index (κ2) is 8.80. The number of halogens is 1. The van der Waals surface area contributed by atoms with Crippen LogP contribution in [0.2, 0.25) is 5.02 Å². The largest absolute Gasteiger partial charge is 0.459 e. The summed E-state index contributed by atoms with van der Waals surface area (Å²) in [7, 11) is 0. The lowest BCUT2D eigenvalue weighted by Crippen LogP contribution is -2.30. The summed E-state index contributed by atoms with van der Waals surface area (Å²) in [6, 6.07) is 8.66. The highest BCUT2D eigenvalue weighted by atomic mass is 35.5. The average Bonchev–Trinajstić information content (AvgIpc) is 3.21. The second-order valence-electron chi connectivity index (χ2n) is 7.33. The van der Waals surface area contributed by atoms with Crippen LogP contribution in [0.15, 0.2) is 45.6 Å². The highest BCUT2D eigenvalue weighted by Crippen LogP contribution is 2.29. The zero-order valence-corrected chi connectivity index (χ0v) is 17.4. The van der Waals surface area contributed by atoms with E-state index in [4.69, 9.17) is 20.8 Å². The molecule has 1 amide bonds. The van der Waals surface area contributed by atoms with Gasteiger partial charge in [-0.05, 0) is 54.7 Å². The van der Waals surface area contributed by atoms with E-state index in [1.54, 1.807) is 0 Å². The number of rotatable bonds is 6. The number of nitrogens with zero attached hydrogens (tertiary/aromatic N) is 1. The minimum atomic E-state index is -0.732. The molecule has 1 heterocycles. The third-order valence-corrected chi connectivity index (χ3v) is 5.55. The number of carbonyl (C=O) groups excluding carboxylic acids is 2. The molecule has 10 heteroatoms. The predicted molar refractivity (Wildman–Crippen MR) is 115 cm³/mol. The molecule has 3 aromatic rings. The molecular weight excluding hydrogens is 440 g/mol. The van der Waals surface area contributed by atoms with Gasteiger partial charge in [-0.3, -0.25) is 19.7 Å². The molecule has 32 heavy (non-hydrogen) atoms. The molecule has 0 radical (unpaired) electrons. The lowest BCUT2D eigenvalue weighted by atomic mass is 10.0. The van der Waals surface area contributed by atoms with Crippen molar-refractivity contribution < 1.29 is 23.7 Å². The van der Waals surface area contributed by atoms with Crippen molar-refractivity contribution >= 4 is 40.1 Å². The van der Waals surface area contributed by atoms with E-state index in [-0.39, 0.29) is 17.2 Å². The van der Waals surface area contributed by atoms with Crippen LogP contribution in [0, 0.1) is 10.1 Å². The van der Waals surface area contributed by atoms with Crippen LogP contribution < -0.4 is 10.9 Å². The summed E-state index contributed by atoms with van der Waals surface area (Å²) < 4.78 is 10.5. The summed E-state index contributed by atoms with van der Waals surface area (Å²) in [6.45, 7) is -0.619. The van der Waals surface area contributed by atoms with Gasteiger partial charge in [-0.1, -0.05) is 11.6 Å². The minimum Gasteiger partial charge on any atom is -0.459 e. The normalized spacial score (nSPS) is 12.4. The number of nitro groups is 1. The molecule has 0 bridgehead atoms. The van der Waals surface area contributed by atoms with E-state index in [1.807, 2.05) is 12.1 Å². The number of nitrogens with one attached hydrogen (secondary N) is 1. The molecule has 0 fully saturated rings. The first-order chi connectivity index (χ1) is 15.3. The van der Waals surface area contributed by atoms with Gasteiger partial charge in [-0.25, -0.2) is 4.79 Å². The Labute approximate surface area is 186 Å². The summed E-state index contributed by atoms with van der Waals surface area (Å²) >= 11 is 5.73. The van der Waals surface area contributed by atoms with Gasteiger partial charge in [0.25, 0.3) is 11.6 Å². The molecule has 4 rings (SSSR count). The highest BCUT2D eigenvalue weighted by Gasteiger charge is 2.18. The number of hydrogen-bond acceptors (Lipinski definition) is 7. The topological polar surface area (TPSA) is 129 Å². The van der Waals surface area contributed by atoms with Crippen LogP contribution in [0.4, 0.5) is 5.69 Å². The molecule has 9 nitrogen and oxygen atoms in total. The van der Waals surface area contributed by atoms with Gasteiger partial charge in [0.15, 0.2) is 0 Å². The number of amides is 1. The third-order valence-electron chi connectivity index (χ3n) is 5.23. The molecule has 1 aromatic heterocycles. The Morgan fingerprint density at radius 3 is 2.66 bits per heavy atom. The van der Waals surface area contributed by atoms with Crippen molar-refractivity contribution in [1.82, 2.24) is 5.32 Å². The van der Waals surface area contributed by atoms with Crippen molar-refractivity contribution in [2.24, 2.45) is 0 Å². The predicted octanol–water partition coefficient (Wildman–Crippen LogP) is 3.32. The van der Waals surface area contributed by atoms with Crippen molar-refractivity contribution in [3.63, 3.8) is 0 Å². The van der Waals surface area contributed by atoms with E-state index in [1.165, 1.54) is 23.8 Å². The lowest BCUT2D eigenvalue weighted by Gasteiger charge is -2.10. The quantitative estimate of drug-likeness (QED) is 0.260. The first kappa shape index (κ1) is 21.5. The zero-order valence-electron chi connectivity index (χ0n) is 16.7. The fourth-order valence-electron chi connectivity index (χ4n) is 3.67. The molecule has 0 spiro atoms. The Morgan fingerprint density at radius 1 is 1.16 bits per heavy atom. The Balaban J connectivity index is 1.41. The molecule has 0 saturated heterocycles. The number of esters is 1. The van der Waals surface area contributed by atoms with Crippen LogP contribution >= 0.6 is 11.6 Å². The number of hydrogen-bond donors (Lipinski definition) is 1. The molecule has 1 N–H and O–H groups in total. The van der Waals surface area contributed by atoms with E-state index >= 15 is 0 Å². The Bertz CT molecular complexity index is 1320. The standard InChI is InChI=1S/C22H17ClN2O7/c23-17-5-4-14(7-18(17)25(29)30)22(28)24-10-21(27)31-11-15-9-20(26)32-19-8-13-3-1-2-12(13)6-16(15)19/h4-9H,1-3,10-11H2,(H,24,28). The Kier molecular flexibility index (Phi) is 5.91. The van der Waals surface area contributed by atoms with Gasteiger partial charge in [-0.15, -0.1) is 0 Å². The van der Waals surface area contributed by atoms with Gasteiger partial charge >= 0.3 is 11.6 Å². The summed E-state index contributed by atoms with van der Waals surface area (Å²) in [5.74, 6) is -1.42. The molecule has 0 saturated carbocycles. The van der Waals surface area contributed by atoms with Crippen LogP contribution in [0.5, 0.6) is 0 Å². The van der Waals surface area contributed by atoms with Crippen LogP contribution in [0.3, 0.4) is 0 Å². The van der Waals surface area contributed by atoms with Gasteiger partial charge in [0.1, 0.15) is 23.8 Å². The van der Waals surface area contributed by atoms with Crippen LogP contribution in [0.1, 0.15) is 33.5 Å². The molecule has 0 unspecified atom stereocenters. The van der Waals surface area contributed by atoms with Gasteiger partial charge in [0, 0.05) is 28.6 Å². The van der Waals surface area contributed by atoms with Crippen molar-refractivity contribution in [3.05, 3.63) is 84.2 Å². The zero-order chi connectivity index (χ0) is 22.8. The van der Waals surface area contributed by atoms with Crippen LogP contribution in [-0.2, 0) is 29.0 Å². The summed E-state index contributed by atoms with van der Waals surface area (Å²) in [5, 5.41) is 13.9. The number of fused-ring (bicyclic) bond motifs is 2. The lowest BCUT2D eigenvalue weighted by molar-refractivity contribution is -0.384. The molecule has 2 aromatic carbocycles. The van der Waals surface area contributed by atoms with Crippen LogP contribution in [-0.4, -0.2) is 23.3 Å². The number of aryl methyl sites for hydroxylation is 2. The molecular formula is C22H17ClN2O7. The average molecular weight is 457 g/mol. The van der Waals surface area contributed by atoms with Gasteiger partial charge in [0.05, 0.1) is 4.92 Å². The second-order valence-corrected chi connectivity index (χ2v) is 7.74. The molecule has 1 aliphatic rings. The summed E-state index contributed by atoms with van der Waals surface area (Å²) in [4.78, 5) is 46.5. The molecule has 0 aliphatic heterocycles. The van der Waals surface area contributed by atoms with Gasteiger partial charge in [0.2, 0.25) is 0 Å². The van der Waals surface area contributed by atoms with Crippen LogP contribution in [0.25, 0.3) is 11.0 Å². The third kappa shape index (κ3) is 4.47. The van der Waals surface area contributed by atoms with E-state index in [2.05, 4.69) is 5.32 Å². The smallest absolute Gasteiger partial charge is 0.336 e. The van der Waals surface area contributed by atoms with E-state index in [0.29, 0.717) is 16.5 Å². The van der Waals surface area contributed by atoms with E-state index in [0.717, 1.165) is 30.9 Å². The van der Waals surface area contributed by atoms with E-state index in [9.17, 15) is 24.5 Å². The fraction of sp³-hybridized carbons (Fsp3) is 0.227. The van der Waals surface area contributed by atoms with Crippen molar-refractivity contribution in [3.8, 4) is 0 Å². The van der Waals surface area contributed by atoms with Crippen molar-refractivity contribution in [2.75, 3.05) is 6.54 Å². The maximum absolute atomic E-state index is 12.2. The Morgan fingerprint density at radius 2 is 1.91 bits per heavy atom. The van der Waals surface area contributed by atoms with Crippen molar-refractivity contribution in [2.45, 2.75) is 25.9 Å². The monoisotopic (exact) mass is 456 g/mol. The number of benzene rings is 2. The first-order valence-electron chi connectivity index (χ1n) is 9.78. The fourth-order valence-corrected chi connectivity index (χ4v) is 3.86. The summed E-state index contributed by atoms with van der Waals surface area (Å²) in [6.07, 6.45) is 2.92. The molecule has 164 valence electrons. The Hall–Kier alpha value is -3.72. The summed E-state index contributed by atoms with van der Waals surface area (Å²) in [5.41, 5.74) is 2.32. The van der Waals surface area contributed by atoms with Gasteiger partial charge in [-0.2, -0.15) is 0 Å². The maximum Gasteiger partial charge on any atom is 0.336 e. The molecule has 0 atom stereocenters. The maximum atomic E-state index is 12.2. The number of nitro benzene ring substituents is 1.